The van der Waals surface area contributed by atoms with E-state index in [-0.39, 0.29) is 17.4 Å². The molecule has 0 unspecified atom stereocenters. The van der Waals surface area contributed by atoms with Crippen LogP contribution in [0.2, 0.25) is 0 Å². The Morgan fingerprint density at radius 2 is 1.78 bits per heavy atom. The summed E-state index contributed by atoms with van der Waals surface area (Å²) in [7, 11) is -1.33. The van der Waals surface area contributed by atoms with Crippen molar-refractivity contribution in [1.29, 1.82) is 0 Å². The zero-order chi connectivity index (χ0) is 22.5. The van der Waals surface area contributed by atoms with E-state index in [1.54, 1.807) is 18.1 Å². The number of sulfone groups is 1. The zero-order valence-corrected chi connectivity index (χ0v) is 18.7. The largest absolute Gasteiger partial charge is 0.324 e. The van der Waals surface area contributed by atoms with Gasteiger partial charge in [-0.05, 0) is 42.3 Å². The maximum atomic E-state index is 12.5. The molecule has 32 heavy (non-hydrogen) atoms. The quantitative estimate of drug-likeness (QED) is 0.654. The molecular weight excluding hydrogens is 426 g/mol. The van der Waals surface area contributed by atoms with Crippen molar-refractivity contribution in [2.75, 3.05) is 28.7 Å². The first-order chi connectivity index (χ1) is 15.3. The number of amides is 1. The Balaban J connectivity index is 1.51. The number of carbonyl (C=O) groups excluding carboxylic acids is 1. The number of aromatic nitrogens is 2. The highest BCUT2D eigenvalue weighted by molar-refractivity contribution is 7.90. The summed E-state index contributed by atoms with van der Waals surface area (Å²) in [5, 5.41) is 3.19. The molecule has 5 rings (SSSR count). The van der Waals surface area contributed by atoms with Crippen LogP contribution in [-0.4, -0.2) is 37.9 Å². The Bertz CT molecular complexity index is 1320. The molecule has 3 aromatic rings. The molecule has 2 aliphatic rings. The second-order valence-electron chi connectivity index (χ2n) is 8.23. The predicted octanol–water partition coefficient (Wildman–Crippen LogP) is 3.46. The van der Waals surface area contributed by atoms with Gasteiger partial charge in [-0.3, -0.25) is 4.79 Å². The molecule has 9 heteroatoms. The van der Waals surface area contributed by atoms with Gasteiger partial charge in [0.1, 0.15) is 5.69 Å². The minimum absolute atomic E-state index is 0.00463. The van der Waals surface area contributed by atoms with E-state index >= 15 is 0 Å². The Labute approximate surface area is 186 Å². The summed E-state index contributed by atoms with van der Waals surface area (Å²) < 4.78 is 23.8. The van der Waals surface area contributed by atoms with Crippen molar-refractivity contribution in [2.24, 2.45) is 0 Å². The number of hydrogen-bond acceptors (Lipinski definition) is 7. The van der Waals surface area contributed by atoms with Gasteiger partial charge in [0.05, 0.1) is 17.7 Å². The van der Waals surface area contributed by atoms with Gasteiger partial charge in [0.2, 0.25) is 11.9 Å². The summed E-state index contributed by atoms with van der Waals surface area (Å²) in [5.41, 5.74) is 5.10. The standard InChI is InChI=1S/C23H23N5O3S/c1-15-3-7-19(8-4-15)28-10-9-21(29)27(2)20-12-24-23(26-22(20)28)25-18-6-5-16-13-32(30,31)14-17(16)11-18/h3-8,11-12H,9-10,13-14H2,1-2H3,(H,24,25,26). The first-order valence-electron chi connectivity index (χ1n) is 10.4. The van der Waals surface area contributed by atoms with Crippen LogP contribution in [0.25, 0.3) is 0 Å². The van der Waals surface area contributed by atoms with Crippen molar-refractivity contribution >= 4 is 44.6 Å². The van der Waals surface area contributed by atoms with E-state index < -0.39 is 9.84 Å². The third kappa shape index (κ3) is 3.80. The van der Waals surface area contributed by atoms with Gasteiger partial charge in [0, 0.05) is 31.4 Å². The van der Waals surface area contributed by atoms with Crippen molar-refractivity contribution in [3.8, 4) is 0 Å². The minimum atomic E-state index is -3.07. The lowest BCUT2D eigenvalue weighted by molar-refractivity contribution is -0.118. The lowest BCUT2D eigenvalue weighted by Crippen LogP contribution is -2.25. The molecule has 1 N–H and O–H groups in total. The van der Waals surface area contributed by atoms with Crippen LogP contribution in [0.1, 0.15) is 23.1 Å². The topological polar surface area (TPSA) is 95.5 Å². The fourth-order valence-corrected chi connectivity index (χ4v) is 5.69. The molecule has 0 fully saturated rings. The number of benzene rings is 2. The monoisotopic (exact) mass is 449 g/mol. The average Bonchev–Trinajstić information content (AvgIpc) is 3.01. The number of carbonyl (C=O) groups is 1. The number of rotatable bonds is 3. The molecule has 0 atom stereocenters. The van der Waals surface area contributed by atoms with Crippen LogP contribution in [0.15, 0.2) is 48.7 Å². The molecule has 0 aliphatic carbocycles. The maximum Gasteiger partial charge on any atom is 0.229 e. The van der Waals surface area contributed by atoms with Crippen LogP contribution in [0.3, 0.4) is 0 Å². The third-order valence-corrected chi connectivity index (χ3v) is 7.35. The molecule has 0 saturated heterocycles. The molecule has 8 nitrogen and oxygen atoms in total. The fourth-order valence-electron chi connectivity index (χ4n) is 4.09. The van der Waals surface area contributed by atoms with Gasteiger partial charge in [-0.25, -0.2) is 13.4 Å². The smallest absolute Gasteiger partial charge is 0.229 e. The van der Waals surface area contributed by atoms with Gasteiger partial charge < -0.3 is 15.1 Å². The van der Waals surface area contributed by atoms with E-state index in [0.29, 0.717) is 30.4 Å². The van der Waals surface area contributed by atoms with Crippen LogP contribution < -0.4 is 15.1 Å². The normalized spacial score (nSPS) is 17.0. The van der Waals surface area contributed by atoms with E-state index in [0.717, 1.165) is 28.1 Å². The van der Waals surface area contributed by atoms with Gasteiger partial charge in [0.15, 0.2) is 15.7 Å². The van der Waals surface area contributed by atoms with E-state index in [1.165, 1.54) is 0 Å². The molecule has 3 heterocycles. The van der Waals surface area contributed by atoms with Gasteiger partial charge in [-0.1, -0.05) is 23.8 Å². The molecule has 0 spiro atoms. The van der Waals surface area contributed by atoms with E-state index in [2.05, 4.69) is 10.3 Å². The van der Waals surface area contributed by atoms with E-state index in [1.807, 2.05) is 54.3 Å². The van der Waals surface area contributed by atoms with Crippen LogP contribution in [0.5, 0.6) is 0 Å². The Morgan fingerprint density at radius 3 is 2.56 bits per heavy atom. The highest BCUT2D eigenvalue weighted by Crippen LogP contribution is 2.36. The second-order valence-corrected chi connectivity index (χ2v) is 10.3. The number of nitrogens with one attached hydrogen (secondary N) is 1. The van der Waals surface area contributed by atoms with Gasteiger partial charge in [-0.2, -0.15) is 4.98 Å². The Kier molecular flexibility index (Phi) is 4.85. The average molecular weight is 450 g/mol. The number of aryl methyl sites for hydroxylation is 1. The number of fused-ring (bicyclic) bond motifs is 2. The van der Waals surface area contributed by atoms with E-state index in [4.69, 9.17) is 4.98 Å². The van der Waals surface area contributed by atoms with Crippen molar-refractivity contribution < 1.29 is 13.2 Å². The first-order valence-corrected chi connectivity index (χ1v) is 12.2. The lowest BCUT2D eigenvalue weighted by atomic mass is 10.1. The van der Waals surface area contributed by atoms with Crippen molar-refractivity contribution in [1.82, 2.24) is 9.97 Å². The van der Waals surface area contributed by atoms with Crippen LogP contribution in [0, 0.1) is 6.92 Å². The number of hydrogen-bond donors (Lipinski definition) is 1. The summed E-state index contributed by atoms with van der Waals surface area (Å²) in [6.45, 7) is 2.54. The van der Waals surface area contributed by atoms with Crippen molar-refractivity contribution in [3.05, 3.63) is 65.4 Å². The Hall–Kier alpha value is -3.46. The summed E-state index contributed by atoms with van der Waals surface area (Å²) in [6, 6.07) is 13.6. The zero-order valence-electron chi connectivity index (χ0n) is 17.9. The maximum absolute atomic E-state index is 12.5. The third-order valence-electron chi connectivity index (χ3n) is 5.85. The highest BCUT2D eigenvalue weighted by atomic mass is 32.2. The SMILES string of the molecule is Cc1ccc(N2CCC(=O)N(C)c3cnc(Nc4ccc5c(c4)CS(=O)(=O)C5)nc32)cc1. The molecule has 1 amide bonds. The molecule has 2 aliphatic heterocycles. The second kappa shape index (κ2) is 7.59. The summed E-state index contributed by atoms with van der Waals surface area (Å²) in [4.78, 5) is 25.3. The molecule has 0 bridgehead atoms. The summed E-state index contributed by atoms with van der Waals surface area (Å²) in [5.74, 6) is 1.17. The summed E-state index contributed by atoms with van der Waals surface area (Å²) >= 11 is 0. The van der Waals surface area contributed by atoms with E-state index in [9.17, 15) is 13.2 Å². The molecule has 1 aromatic heterocycles. The first kappa shape index (κ1) is 20.4. The molecule has 0 radical (unpaired) electrons. The van der Waals surface area contributed by atoms with Crippen LogP contribution >= 0.6 is 0 Å². The number of anilines is 5. The summed E-state index contributed by atoms with van der Waals surface area (Å²) in [6.07, 6.45) is 2.01. The van der Waals surface area contributed by atoms with Crippen LogP contribution in [0.4, 0.5) is 28.8 Å². The molecule has 164 valence electrons. The molecule has 0 saturated carbocycles. The molecular formula is C23H23N5O3S. The highest BCUT2D eigenvalue weighted by Gasteiger charge is 2.27. The van der Waals surface area contributed by atoms with Gasteiger partial charge in [-0.15, -0.1) is 0 Å². The minimum Gasteiger partial charge on any atom is -0.324 e. The molecule has 2 aromatic carbocycles. The predicted molar refractivity (Wildman–Crippen MR) is 124 cm³/mol. The lowest BCUT2D eigenvalue weighted by Gasteiger charge is -2.24. The van der Waals surface area contributed by atoms with Gasteiger partial charge in [0.25, 0.3) is 0 Å². The van der Waals surface area contributed by atoms with Crippen molar-refractivity contribution in [3.63, 3.8) is 0 Å². The van der Waals surface area contributed by atoms with Crippen LogP contribution in [-0.2, 0) is 26.1 Å². The fraction of sp³-hybridized carbons (Fsp3) is 0.261. The van der Waals surface area contributed by atoms with Crippen molar-refractivity contribution in [2.45, 2.75) is 24.9 Å². The Morgan fingerprint density at radius 1 is 1.03 bits per heavy atom. The number of nitrogens with zero attached hydrogens (tertiary/aromatic N) is 4. The van der Waals surface area contributed by atoms with Gasteiger partial charge >= 0.3 is 0 Å².